The van der Waals surface area contributed by atoms with Crippen molar-refractivity contribution in [1.29, 1.82) is 5.26 Å². The van der Waals surface area contributed by atoms with Crippen molar-refractivity contribution >= 4 is 0 Å². The van der Waals surface area contributed by atoms with E-state index in [9.17, 15) is 0 Å². The van der Waals surface area contributed by atoms with Gasteiger partial charge in [0.25, 0.3) is 0 Å². The molecule has 0 radical (unpaired) electrons. The van der Waals surface area contributed by atoms with E-state index in [1.54, 1.807) is 0 Å². The fourth-order valence-electron chi connectivity index (χ4n) is 1.29. The number of hydrogen-bond donors (Lipinski definition) is 0. The number of nitrogens with zero attached hydrogens (tertiary/aromatic N) is 3. The molecule has 3 nitrogen and oxygen atoms in total. The minimum absolute atomic E-state index is 0.392. The number of hydrogen-bond acceptors (Lipinski definition) is 3. The second-order valence-corrected chi connectivity index (χ2v) is 2.90. The fraction of sp³-hybridized carbons (Fsp3) is 0.857. The molecule has 10 heavy (non-hydrogen) atoms. The first-order valence-electron chi connectivity index (χ1n) is 3.59. The van der Waals surface area contributed by atoms with Crippen molar-refractivity contribution in [3.05, 3.63) is 0 Å². The van der Waals surface area contributed by atoms with Gasteiger partial charge in [-0.3, -0.25) is 0 Å². The highest BCUT2D eigenvalue weighted by Gasteiger charge is 2.19. The molecule has 0 unspecified atom stereocenters. The van der Waals surface area contributed by atoms with Crippen LogP contribution in [0.4, 0.5) is 0 Å². The van der Waals surface area contributed by atoms with Crippen LogP contribution in [0.5, 0.6) is 0 Å². The number of likely N-dealkylation sites (N-methyl/N-ethyl adjacent to an activating group) is 1. The van der Waals surface area contributed by atoms with E-state index in [0.29, 0.717) is 6.04 Å². The summed E-state index contributed by atoms with van der Waals surface area (Å²) >= 11 is 0. The molecule has 0 bridgehead atoms. The van der Waals surface area contributed by atoms with E-state index in [1.165, 1.54) is 0 Å². The van der Waals surface area contributed by atoms with E-state index in [2.05, 4.69) is 25.1 Å². The summed E-state index contributed by atoms with van der Waals surface area (Å²) in [6.45, 7) is 4.98. The molecule has 0 aromatic rings. The van der Waals surface area contributed by atoms with Crippen LogP contribution in [0.1, 0.15) is 6.92 Å². The van der Waals surface area contributed by atoms with Crippen molar-refractivity contribution in [3.8, 4) is 6.19 Å². The van der Waals surface area contributed by atoms with Crippen molar-refractivity contribution in [2.24, 2.45) is 0 Å². The SMILES string of the molecule is C[C@@H]1CN(C)CCN1C#N. The molecular formula is C7H13N3. The third-order valence-electron chi connectivity index (χ3n) is 1.96. The molecule has 3 heteroatoms. The Kier molecular flexibility index (Phi) is 2.13. The van der Waals surface area contributed by atoms with Crippen LogP contribution in [0.2, 0.25) is 0 Å². The van der Waals surface area contributed by atoms with Crippen LogP contribution in [0, 0.1) is 11.5 Å². The van der Waals surface area contributed by atoms with Gasteiger partial charge in [0.2, 0.25) is 0 Å². The average Bonchev–Trinajstić information content (AvgIpc) is 1.88. The van der Waals surface area contributed by atoms with Gasteiger partial charge in [0.1, 0.15) is 0 Å². The van der Waals surface area contributed by atoms with Gasteiger partial charge in [0.15, 0.2) is 6.19 Å². The predicted molar refractivity (Wildman–Crippen MR) is 39.3 cm³/mol. The Bertz CT molecular complexity index is 149. The Hall–Kier alpha value is -0.750. The molecule has 1 atom stereocenters. The first-order chi connectivity index (χ1) is 4.74. The third kappa shape index (κ3) is 1.39. The summed E-state index contributed by atoms with van der Waals surface area (Å²) in [5.74, 6) is 0. The van der Waals surface area contributed by atoms with Crippen LogP contribution >= 0.6 is 0 Å². The third-order valence-corrected chi connectivity index (χ3v) is 1.96. The predicted octanol–water partition coefficient (Wildman–Crippen LogP) is 0.103. The van der Waals surface area contributed by atoms with E-state index >= 15 is 0 Å². The number of rotatable bonds is 0. The molecule has 1 fully saturated rings. The largest absolute Gasteiger partial charge is 0.305 e. The normalized spacial score (nSPS) is 28.1. The highest BCUT2D eigenvalue weighted by molar-refractivity contribution is 4.85. The second kappa shape index (κ2) is 2.89. The minimum atomic E-state index is 0.392. The second-order valence-electron chi connectivity index (χ2n) is 2.90. The van der Waals surface area contributed by atoms with E-state index < -0.39 is 0 Å². The van der Waals surface area contributed by atoms with Crippen LogP contribution in [-0.4, -0.2) is 42.5 Å². The Morgan fingerprint density at radius 2 is 2.20 bits per heavy atom. The van der Waals surface area contributed by atoms with E-state index in [4.69, 9.17) is 5.26 Å². The highest BCUT2D eigenvalue weighted by Crippen LogP contribution is 2.04. The lowest BCUT2D eigenvalue weighted by atomic mass is 10.2. The maximum atomic E-state index is 8.61. The fourth-order valence-corrected chi connectivity index (χ4v) is 1.29. The highest BCUT2D eigenvalue weighted by atomic mass is 15.3. The van der Waals surface area contributed by atoms with E-state index in [-0.39, 0.29) is 0 Å². The van der Waals surface area contributed by atoms with Crippen LogP contribution in [0.15, 0.2) is 0 Å². The molecule has 1 heterocycles. The number of piperazine rings is 1. The standard InChI is InChI=1S/C7H13N3/c1-7-5-9(2)3-4-10(7)6-8/h7H,3-5H2,1-2H3/t7-/m1/s1. The van der Waals surface area contributed by atoms with Gasteiger partial charge >= 0.3 is 0 Å². The Morgan fingerprint density at radius 1 is 1.50 bits per heavy atom. The van der Waals surface area contributed by atoms with Crippen LogP contribution in [-0.2, 0) is 0 Å². The van der Waals surface area contributed by atoms with Gasteiger partial charge in [0.05, 0.1) is 0 Å². The van der Waals surface area contributed by atoms with Crippen molar-refractivity contribution in [2.75, 3.05) is 26.7 Å². The quantitative estimate of drug-likeness (QED) is 0.446. The first kappa shape index (κ1) is 7.36. The first-order valence-corrected chi connectivity index (χ1v) is 3.59. The molecule has 0 amide bonds. The van der Waals surface area contributed by atoms with Gasteiger partial charge in [0, 0.05) is 25.7 Å². The summed E-state index contributed by atoms with van der Waals surface area (Å²) in [4.78, 5) is 4.08. The molecular weight excluding hydrogens is 126 g/mol. The summed E-state index contributed by atoms with van der Waals surface area (Å²) in [6, 6.07) is 0.392. The molecule has 56 valence electrons. The molecule has 1 saturated heterocycles. The molecule has 0 aliphatic carbocycles. The Labute approximate surface area is 61.8 Å². The number of nitriles is 1. The molecule has 0 saturated carbocycles. The lowest BCUT2D eigenvalue weighted by Crippen LogP contribution is -2.47. The van der Waals surface area contributed by atoms with Crippen LogP contribution in [0.25, 0.3) is 0 Å². The van der Waals surface area contributed by atoms with Gasteiger partial charge in [-0.05, 0) is 14.0 Å². The molecule has 1 aliphatic rings. The zero-order valence-corrected chi connectivity index (χ0v) is 6.54. The molecule has 0 N–H and O–H groups in total. The molecule has 0 aromatic carbocycles. The topological polar surface area (TPSA) is 30.3 Å². The van der Waals surface area contributed by atoms with E-state index in [0.717, 1.165) is 19.6 Å². The van der Waals surface area contributed by atoms with Crippen molar-refractivity contribution in [1.82, 2.24) is 9.80 Å². The van der Waals surface area contributed by atoms with Gasteiger partial charge in [-0.25, -0.2) is 0 Å². The lowest BCUT2D eigenvalue weighted by molar-refractivity contribution is 0.151. The van der Waals surface area contributed by atoms with Gasteiger partial charge in [-0.1, -0.05) is 0 Å². The van der Waals surface area contributed by atoms with Gasteiger partial charge < -0.3 is 9.80 Å². The monoisotopic (exact) mass is 139 g/mol. The smallest absolute Gasteiger partial charge is 0.179 e. The summed E-state index contributed by atoms with van der Waals surface area (Å²) in [7, 11) is 2.09. The Morgan fingerprint density at radius 3 is 2.70 bits per heavy atom. The maximum absolute atomic E-state index is 8.61. The molecule has 0 aromatic heterocycles. The lowest BCUT2D eigenvalue weighted by Gasteiger charge is -2.34. The zero-order valence-electron chi connectivity index (χ0n) is 6.54. The van der Waals surface area contributed by atoms with Crippen molar-refractivity contribution < 1.29 is 0 Å². The molecule has 1 aliphatic heterocycles. The van der Waals surface area contributed by atoms with Crippen molar-refractivity contribution in [2.45, 2.75) is 13.0 Å². The summed E-state index contributed by atoms with van der Waals surface area (Å²) in [5, 5.41) is 8.61. The zero-order chi connectivity index (χ0) is 7.56. The average molecular weight is 139 g/mol. The molecule has 1 rings (SSSR count). The minimum Gasteiger partial charge on any atom is -0.305 e. The Balaban J connectivity index is 2.45. The molecule has 0 spiro atoms. The van der Waals surface area contributed by atoms with Crippen LogP contribution < -0.4 is 0 Å². The summed E-state index contributed by atoms with van der Waals surface area (Å²) in [6.07, 6.45) is 2.18. The summed E-state index contributed by atoms with van der Waals surface area (Å²) in [5.41, 5.74) is 0. The van der Waals surface area contributed by atoms with Crippen LogP contribution in [0.3, 0.4) is 0 Å². The van der Waals surface area contributed by atoms with E-state index in [1.807, 2.05) is 4.90 Å². The van der Waals surface area contributed by atoms with Gasteiger partial charge in [-0.2, -0.15) is 5.26 Å². The van der Waals surface area contributed by atoms with Crippen molar-refractivity contribution in [3.63, 3.8) is 0 Å². The van der Waals surface area contributed by atoms with Gasteiger partial charge in [-0.15, -0.1) is 0 Å². The summed E-state index contributed by atoms with van der Waals surface area (Å²) < 4.78 is 0. The maximum Gasteiger partial charge on any atom is 0.179 e.